The van der Waals surface area contributed by atoms with Crippen molar-refractivity contribution in [1.29, 1.82) is 0 Å². The first-order chi connectivity index (χ1) is 9.79. The molecule has 0 aromatic heterocycles. The summed E-state index contributed by atoms with van der Waals surface area (Å²) >= 11 is 0. The Labute approximate surface area is 121 Å². The lowest BCUT2D eigenvalue weighted by Crippen LogP contribution is -2.46. The summed E-state index contributed by atoms with van der Waals surface area (Å²) in [5.74, 6) is -0.0737. The smallest absolute Gasteiger partial charge is 0.305 e. The number of hydrogen-bond donors (Lipinski definition) is 0. The van der Waals surface area contributed by atoms with Gasteiger partial charge in [-0.15, -0.1) is 0 Å². The lowest BCUT2D eigenvalue weighted by Gasteiger charge is -2.36. The van der Waals surface area contributed by atoms with Gasteiger partial charge in [0.15, 0.2) is 0 Å². The first-order valence-electron chi connectivity index (χ1n) is 7.47. The summed E-state index contributed by atoms with van der Waals surface area (Å²) in [5.41, 5.74) is 1.30. The van der Waals surface area contributed by atoms with Crippen LogP contribution in [0.25, 0.3) is 0 Å². The molecule has 4 nitrogen and oxygen atoms in total. The lowest BCUT2D eigenvalue weighted by atomic mass is 10.2. The number of nitrogens with zero attached hydrogens (tertiary/aromatic N) is 2. The molecular weight excluding hydrogens is 252 g/mol. The zero-order valence-electron chi connectivity index (χ0n) is 12.3. The van der Waals surface area contributed by atoms with Gasteiger partial charge in [-0.05, 0) is 32.0 Å². The van der Waals surface area contributed by atoms with Crippen LogP contribution in [0, 0.1) is 0 Å². The van der Waals surface area contributed by atoms with Gasteiger partial charge in [0, 0.05) is 38.3 Å². The van der Waals surface area contributed by atoms with E-state index in [1.54, 1.807) is 0 Å². The van der Waals surface area contributed by atoms with E-state index in [0.717, 1.165) is 39.1 Å². The molecular formula is C16H24N2O2. The number of esters is 1. The summed E-state index contributed by atoms with van der Waals surface area (Å²) in [5, 5.41) is 0. The molecule has 4 heteroatoms. The van der Waals surface area contributed by atoms with E-state index in [4.69, 9.17) is 4.74 Å². The van der Waals surface area contributed by atoms with E-state index in [0.29, 0.717) is 13.0 Å². The fraction of sp³-hybridized carbons (Fsp3) is 0.562. The third kappa shape index (κ3) is 4.53. The molecule has 0 unspecified atom stereocenters. The zero-order valence-corrected chi connectivity index (χ0v) is 12.3. The van der Waals surface area contributed by atoms with E-state index in [9.17, 15) is 4.79 Å². The van der Waals surface area contributed by atoms with Crippen molar-refractivity contribution < 1.29 is 9.53 Å². The van der Waals surface area contributed by atoms with E-state index < -0.39 is 0 Å². The van der Waals surface area contributed by atoms with Crippen molar-refractivity contribution in [1.82, 2.24) is 4.90 Å². The maximum Gasteiger partial charge on any atom is 0.305 e. The molecule has 1 aliphatic heterocycles. The van der Waals surface area contributed by atoms with Crippen molar-refractivity contribution in [2.75, 3.05) is 44.2 Å². The number of carbonyl (C=O) groups is 1. The van der Waals surface area contributed by atoms with Crippen LogP contribution in [0.15, 0.2) is 30.3 Å². The molecule has 0 spiro atoms. The summed E-state index contributed by atoms with van der Waals surface area (Å²) in [4.78, 5) is 16.1. The van der Waals surface area contributed by atoms with Gasteiger partial charge in [-0.2, -0.15) is 0 Å². The standard InChI is InChI=1S/C16H24N2O2/c1-2-20-16(19)9-6-10-17-11-13-18(14-12-17)15-7-4-3-5-8-15/h3-5,7-8H,2,6,9-14H2,1H3. The van der Waals surface area contributed by atoms with Crippen LogP contribution in [0.2, 0.25) is 0 Å². The molecule has 1 saturated heterocycles. The van der Waals surface area contributed by atoms with Crippen LogP contribution in [0.3, 0.4) is 0 Å². The molecule has 1 heterocycles. The second-order valence-corrected chi connectivity index (χ2v) is 5.07. The first-order valence-corrected chi connectivity index (χ1v) is 7.47. The quantitative estimate of drug-likeness (QED) is 0.745. The number of rotatable bonds is 6. The molecule has 0 atom stereocenters. The fourth-order valence-corrected chi connectivity index (χ4v) is 2.55. The highest BCUT2D eigenvalue weighted by atomic mass is 16.5. The third-order valence-corrected chi connectivity index (χ3v) is 3.65. The molecule has 1 aromatic carbocycles. The Morgan fingerprint density at radius 3 is 2.50 bits per heavy atom. The lowest BCUT2D eigenvalue weighted by molar-refractivity contribution is -0.143. The Balaban J connectivity index is 1.66. The number of piperazine rings is 1. The molecule has 1 aromatic rings. The third-order valence-electron chi connectivity index (χ3n) is 3.65. The van der Waals surface area contributed by atoms with E-state index in [1.807, 2.05) is 6.92 Å². The number of benzene rings is 1. The summed E-state index contributed by atoms with van der Waals surface area (Å²) < 4.78 is 4.94. The van der Waals surface area contributed by atoms with Gasteiger partial charge in [0.1, 0.15) is 0 Å². The molecule has 0 radical (unpaired) electrons. The molecule has 1 aliphatic rings. The minimum absolute atomic E-state index is 0.0737. The monoisotopic (exact) mass is 276 g/mol. The highest BCUT2D eigenvalue weighted by molar-refractivity contribution is 5.69. The van der Waals surface area contributed by atoms with Gasteiger partial charge in [-0.25, -0.2) is 0 Å². The predicted octanol–water partition coefficient (Wildman–Crippen LogP) is 2.15. The minimum Gasteiger partial charge on any atom is -0.466 e. The SMILES string of the molecule is CCOC(=O)CCCN1CCN(c2ccccc2)CC1. The molecule has 0 bridgehead atoms. The fourth-order valence-electron chi connectivity index (χ4n) is 2.55. The maximum atomic E-state index is 11.3. The van der Waals surface area contributed by atoms with E-state index in [1.165, 1.54) is 5.69 Å². The first kappa shape index (κ1) is 14.9. The average Bonchev–Trinajstić information content (AvgIpc) is 2.49. The maximum absolute atomic E-state index is 11.3. The van der Waals surface area contributed by atoms with Crippen molar-refractivity contribution >= 4 is 11.7 Å². The second kappa shape index (κ2) is 7.90. The Morgan fingerprint density at radius 2 is 1.85 bits per heavy atom. The number of para-hydroxylation sites is 1. The molecule has 0 N–H and O–H groups in total. The van der Waals surface area contributed by atoms with Gasteiger partial charge in [0.05, 0.1) is 6.61 Å². The topological polar surface area (TPSA) is 32.8 Å². The number of carbonyl (C=O) groups excluding carboxylic acids is 1. The van der Waals surface area contributed by atoms with Crippen LogP contribution in [-0.2, 0) is 9.53 Å². The predicted molar refractivity (Wildman–Crippen MR) is 81.0 cm³/mol. The number of ether oxygens (including phenoxy) is 1. The number of anilines is 1. The Kier molecular flexibility index (Phi) is 5.87. The van der Waals surface area contributed by atoms with Crippen molar-refractivity contribution in [3.05, 3.63) is 30.3 Å². The van der Waals surface area contributed by atoms with Gasteiger partial charge < -0.3 is 9.64 Å². The Morgan fingerprint density at radius 1 is 1.15 bits per heavy atom. The molecule has 0 saturated carbocycles. The van der Waals surface area contributed by atoms with Gasteiger partial charge in [0.2, 0.25) is 0 Å². The van der Waals surface area contributed by atoms with Gasteiger partial charge in [-0.1, -0.05) is 18.2 Å². The van der Waals surface area contributed by atoms with E-state index in [2.05, 4.69) is 40.1 Å². The minimum atomic E-state index is -0.0737. The van der Waals surface area contributed by atoms with Gasteiger partial charge >= 0.3 is 5.97 Å². The highest BCUT2D eigenvalue weighted by Gasteiger charge is 2.16. The van der Waals surface area contributed by atoms with Gasteiger partial charge in [0.25, 0.3) is 0 Å². The van der Waals surface area contributed by atoms with Crippen LogP contribution in [0.4, 0.5) is 5.69 Å². The van der Waals surface area contributed by atoms with Gasteiger partial charge in [-0.3, -0.25) is 9.69 Å². The molecule has 20 heavy (non-hydrogen) atoms. The summed E-state index contributed by atoms with van der Waals surface area (Å²) in [6, 6.07) is 10.5. The average molecular weight is 276 g/mol. The van der Waals surface area contributed by atoms with Crippen molar-refractivity contribution in [3.8, 4) is 0 Å². The van der Waals surface area contributed by atoms with Crippen LogP contribution in [0.5, 0.6) is 0 Å². The largest absolute Gasteiger partial charge is 0.466 e. The molecule has 110 valence electrons. The molecule has 2 rings (SSSR count). The molecule has 1 fully saturated rings. The summed E-state index contributed by atoms with van der Waals surface area (Å²) in [7, 11) is 0. The molecule has 0 amide bonds. The van der Waals surface area contributed by atoms with Crippen molar-refractivity contribution in [3.63, 3.8) is 0 Å². The van der Waals surface area contributed by atoms with Crippen LogP contribution in [-0.4, -0.2) is 50.2 Å². The second-order valence-electron chi connectivity index (χ2n) is 5.07. The van der Waals surface area contributed by atoms with Crippen LogP contribution >= 0.6 is 0 Å². The van der Waals surface area contributed by atoms with E-state index in [-0.39, 0.29) is 5.97 Å². The molecule has 0 aliphatic carbocycles. The van der Waals surface area contributed by atoms with Crippen LogP contribution in [0.1, 0.15) is 19.8 Å². The van der Waals surface area contributed by atoms with Crippen LogP contribution < -0.4 is 4.90 Å². The summed E-state index contributed by atoms with van der Waals surface area (Å²) in [6.07, 6.45) is 1.43. The Hall–Kier alpha value is -1.55. The Bertz CT molecular complexity index is 400. The van der Waals surface area contributed by atoms with Crippen molar-refractivity contribution in [2.24, 2.45) is 0 Å². The zero-order chi connectivity index (χ0) is 14.2. The van der Waals surface area contributed by atoms with E-state index >= 15 is 0 Å². The van der Waals surface area contributed by atoms with Crippen molar-refractivity contribution in [2.45, 2.75) is 19.8 Å². The highest BCUT2D eigenvalue weighted by Crippen LogP contribution is 2.15. The number of hydrogen-bond acceptors (Lipinski definition) is 4. The normalized spacial score (nSPS) is 16.1. The summed E-state index contributed by atoms with van der Waals surface area (Å²) in [6.45, 7) is 7.57.